The number of anilines is 2. The van der Waals surface area contributed by atoms with Crippen LogP contribution >= 0.6 is 0 Å². The predicted octanol–water partition coefficient (Wildman–Crippen LogP) is 2.63. The third kappa shape index (κ3) is 8.09. The van der Waals surface area contributed by atoms with Crippen LogP contribution in [0.15, 0.2) is 6.07 Å². The molecule has 0 saturated heterocycles. The Labute approximate surface area is 230 Å². The van der Waals surface area contributed by atoms with Crippen LogP contribution in [0.3, 0.4) is 0 Å². The number of nitrogens with one attached hydrogen (secondary N) is 1. The van der Waals surface area contributed by atoms with Gasteiger partial charge in [-0.05, 0) is 61.5 Å². The smallest absolute Gasteiger partial charge is 0.224 e. The second kappa shape index (κ2) is 13.0. The summed E-state index contributed by atoms with van der Waals surface area (Å²) in [5.74, 6) is -3.44. The van der Waals surface area contributed by atoms with Crippen molar-refractivity contribution in [3.8, 4) is 5.75 Å². The zero-order chi connectivity index (χ0) is 29.7. The molecule has 0 saturated carbocycles. The van der Waals surface area contributed by atoms with Crippen molar-refractivity contribution in [2.45, 2.75) is 78.2 Å². The second-order valence-electron chi connectivity index (χ2n) is 12.2. The Balaban J connectivity index is 2.40. The average Bonchev–Trinajstić information content (AvgIpc) is 2.82. The van der Waals surface area contributed by atoms with E-state index in [1.54, 1.807) is 25.1 Å². The van der Waals surface area contributed by atoms with Gasteiger partial charge in [-0.1, -0.05) is 20.8 Å². The Hall–Kier alpha value is -2.82. The molecule has 218 valence electrons. The van der Waals surface area contributed by atoms with Gasteiger partial charge in [0, 0.05) is 39.2 Å². The Morgan fingerprint density at radius 3 is 2.31 bits per heavy atom. The molecule has 10 nitrogen and oxygen atoms in total. The number of phenols is 1. The fourth-order valence-electron chi connectivity index (χ4n) is 5.23. The Bertz CT molecular complexity index is 1090. The van der Waals surface area contributed by atoms with Gasteiger partial charge >= 0.3 is 0 Å². The minimum atomic E-state index is -2.23. The molecular formula is C29H44N2O8. The van der Waals surface area contributed by atoms with E-state index in [1.807, 2.05) is 20.8 Å². The van der Waals surface area contributed by atoms with Gasteiger partial charge in [0.25, 0.3) is 0 Å². The minimum Gasteiger partial charge on any atom is -0.505 e. The first-order valence-electron chi connectivity index (χ1n) is 13.4. The molecule has 0 heterocycles. The van der Waals surface area contributed by atoms with Crippen LogP contribution in [0, 0.1) is 17.3 Å². The molecule has 1 aliphatic carbocycles. The molecule has 1 aromatic rings. The number of aliphatic hydroxyl groups excluding tert-OH is 2. The molecule has 5 N–H and O–H groups in total. The number of hydrogen-bond donors (Lipinski definition) is 5. The maximum atomic E-state index is 13.4. The van der Waals surface area contributed by atoms with Crippen molar-refractivity contribution < 1.29 is 39.6 Å². The van der Waals surface area contributed by atoms with Gasteiger partial charge in [-0.3, -0.25) is 19.2 Å². The standard InChI is InChI=1S/C29H44N2O8/c1-17(34)11-24(36)29(39,16-33)19(8-10-32)12-18-13-20-22(31(5)6)15-21(27(38)26(20)23(35)14-18)30-25(37)7-9-28(2,3)4/h15,18-19,32-33,38-39H,7-14,16H2,1-6H3,(H,30,37)/t18?,19?,29-/m1/s1. The molecule has 10 heteroatoms. The molecule has 0 fully saturated rings. The van der Waals surface area contributed by atoms with Crippen molar-refractivity contribution in [2.24, 2.45) is 17.3 Å². The van der Waals surface area contributed by atoms with E-state index < -0.39 is 36.1 Å². The summed E-state index contributed by atoms with van der Waals surface area (Å²) < 4.78 is 0. The first-order chi connectivity index (χ1) is 18.0. The van der Waals surface area contributed by atoms with Gasteiger partial charge in [-0.25, -0.2) is 0 Å². The number of benzene rings is 1. The molecule has 0 spiro atoms. The summed E-state index contributed by atoms with van der Waals surface area (Å²) in [7, 11) is 3.57. The Morgan fingerprint density at radius 1 is 1.15 bits per heavy atom. The summed E-state index contributed by atoms with van der Waals surface area (Å²) in [6.07, 6.45) is 0.804. The number of Topliss-reactive ketones (excluding diaryl/α,β-unsaturated/α-hetero) is 3. The van der Waals surface area contributed by atoms with E-state index >= 15 is 0 Å². The number of aliphatic hydroxyl groups is 3. The summed E-state index contributed by atoms with van der Waals surface area (Å²) >= 11 is 0. The number of rotatable bonds is 13. The highest BCUT2D eigenvalue weighted by Crippen LogP contribution is 2.44. The van der Waals surface area contributed by atoms with E-state index in [2.05, 4.69) is 5.32 Å². The van der Waals surface area contributed by atoms with Gasteiger partial charge in [-0.2, -0.15) is 0 Å². The maximum absolute atomic E-state index is 13.4. The van der Waals surface area contributed by atoms with Crippen LogP contribution in [0.25, 0.3) is 0 Å². The number of amides is 1. The SMILES string of the molecule is CC(=O)CC(=O)[C@@](O)(CO)C(CCO)CC1CC(=O)c2c(O)c(NC(=O)CCC(C)(C)C)cc(N(C)C)c2C1. The van der Waals surface area contributed by atoms with Crippen LogP contribution < -0.4 is 10.2 Å². The zero-order valence-corrected chi connectivity index (χ0v) is 24.0. The van der Waals surface area contributed by atoms with Crippen molar-refractivity contribution in [2.75, 3.05) is 37.5 Å². The first kappa shape index (κ1) is 32.4. The lowest BCUT2D eigenvalue weighted by molar-refractivity contribution is -0.152. The van der Waals surface area contributed by atoms with E-state index in [0.717, 1.165) is 0 Å². The van der Waals surface area contributed by atoms with Gasteiger partial charge < -0.3 is 30.6 Å². The molecule has 1 aromatic carbocycles. The lowest BCUT2D eigenvalue weighted by Crippen LogP contribution is -2.51. The largest absolute Gasteiger partial charge is 0.505 e. The number of nitrogens with zero attached hydrogens (tertiary/aromatic N) is 1. The van der Waals surface area contributed by atoms with Crippen molar-refractivity contribution >= 4 is 34.6 Å². The van der Waals surface area contributed by atoms with Gasteiger partial charge in [-0.15, -0.1) is 0 Å². The number of phenolic OH excluding ortho intramolecular Hbond substituents is 1. The van der Waals surface area contributed by atoms with E-state index in [0.29, 0.717) is 24.1 Å². The van der Waals surface area contributed by atoms with Crippen LogP contribution in [0.4, 0.5) is 11.4 Å². The normalized spacial score (nSPS) is 17.7. The van der Waals surface area contributed by atoms with Crippen LogP contribution in [0.2, 0.25) is 0 Å². The van der Waals surface area contributed by atoms with Crippen LogP contribution in [0.5, 0.6) is 5.75 Å². The molecule has 3 atom stereocenters. The van der Waals surface area contributed by atoms with Crippen LogP contribution in [-0.4, -0.2) is 76.6 Å². The second-order valence-corrected chi connectivity index (χ2v) is 12.2. The highest BCUT2D eigenvalue weighted by Gasteiger charge is 2.45. The molecule has 1 amide bonds. The molecule has 0 aliphatic heterocycles. The highest BCUT2D eigenvalue weighted by molar-refractivity contribution is 6.06. The molecule has 0 radical (unpaired) electrons. The lowest BCUT2D eigenvalue weighted by Gasteiger charge is -2.37. The number of aromatic hydroxyl groups is 1. The molecule has 39 heavy (non-hydrogen) atoms. The fraction of sp³-hybridized carbons (Fsp3) is 0.655. The summed E-state index contributed by atoms with van der Waals surface area (Å²) in [5, 5.41) is 44.4. The van der Waals surface area contributed by atoms with E-state index in [-0.39, 0.29) is 72.3 Å². The molecule has 0 aromatic heterocycles. The number of carbonyl (C=O) groups is 4. The van der Waals surface area contributed by atoms with E-state index in [4.69, 9.17) is 0 Å². The topological polar surface area (TPSA) is 164 Å². The number of ketones is 3. The summed E-state index contributed by atoms with van der Waals surface area (Å²) in [6, 6.07) is 1.63. The van der Waals surface area contributed by atoms with Crippen molar-refractivity contribution in [1.82, 2.24) is 0 Å². The van der Waals surface area contributed by atoms with Gasteiger partial charge in [0.2, 0.25) is 5.91 Å². The van der Waals surface area contributed by atoms with Crippen LogP contribution in [0.1, 0.15) is 82.1 Å². The van der Waals surface area contributed by atoms with Crippen molar-refractivity contribution in [3.63, 3.8) is 0 Å². The highest BCUT2D eigenvalue weighted by atomic mass is 16.3. The van der Waals surface area contributed by atoms with Crippen molar-refractivity contribution in [1.29, 1.82) is 0 Å². The fourth-order valence-corrected chi connectivity index (χ4v) is 5.23. The lowest BCUT2D eigenvalue weighted by atomic mass is 9.71. The third-order valence-electron chi connectivity index (χ3n) is 7.39. The van der Waals surface area contributed by atoms with Crippen LogP contribution in [-0.2, 0) is 20.8 Å². The monoisotopic (exact) mass is 548 g/mol. The number of carbonyl (C=O) groups excluding carboxylic acids is 4. The average molecular weight is 549 g/mol. The number of fused-ring (bicyclic) bond motifs is 1. The molecule has 2 rings (SSSR count). The Morgan fingerprint density at radius 2 is 1.79 bits per heavy atom. The van der Waals surface area contributed by atoms with E-state index in [9.17, 15) is 39.6 Å². The summed E-state index contributed by atoms with van der Waals surface area (Å²) in [6.45, 7) is 6.03. The number of hydrogen-bond acceptors (Lipinski definition) is 9. The molecule has 0 bridgehead atoms. The summed E-state index contributed by atoms with van der Waals surface area (Å²) in [4.78, 5) is 51.9. The maximum Gasteiger partial charge on any atom is 0.224 e. The quantitative estimate of drug-likeness (QED) is 0.184. The minimum absolute atomic E-state index is 0.000805. The Kier molecular flexibility index (Phi) is 10.8. The zero-order valence-electron chi connectivity index (χ0n) is 24.0. The summed E-state index contributed by atoms with van der Waals surface area (Å²) in [5.41, 5.74) is -0.765. The van der Waals surface area contributed by atoms with Gasteiger partial charge in [0.15, 0.2) is 11.6 Å². The van der Waals surface area contributed by atoms with E-state index in [1.165, 1.54) is 6.92 Å². The van der Waals surface area contributed by atoms with Gasteiger partial charge in [0.1, 0.15) is 17.1 Å². The van der Waals surface area contributed by atoms with Gasteiger partial charge in [0.05, 0.1) is 24.3 Å². The third-order valence-corrected chi connectivity index (χ3v) is 7.39. The first-order valence-corrected chi connectivity index (χ1v) is 13.4. The molecule has 1 aliphatic rings. The molecular weight excluding hydrogens is 504 g/mol. The predicted molar refractivity (Wildman–Crippen MR) is 148 cm³/mol. The molecule has 2 unspecified atom stereocenters. The van der Waals surface area contributed by atoms with Crippen molar-refractivity contribution in [3.05, 3.63) is 17.2 Å².